The molecule has 1 aromatic carbocycles. The topological polar surface area (TPSA) is 38.9 Å². The molecule has 0 bridgehead atoms. The van der Waals surface area contributed by atoms with Gasteiger partial charge in [0.2, 0.25) is 0 Å². The van der Waals surface area contributed by atoms with Crippen LogP contribution >= 0.6 is 0 Å². The van der Waals surface area contributed by atoms with Crippen LogP contribution in [-0.4, -0.2) is 4.98 Å². The van der Waals surface area contributed by atoms with Gasteiger partial charge in [-0.05, 0) is 37.6 Å². The maximum Gasteiger partial charge on any atom is 0.0393 e. The number of nitrogens with two attached hydrogens (primary N) is 1. The number of anilines is 1. The second-order valence-corrected chi connectivity index (χ2v) is 3.73. The van der Waals surface area contributed by atoms with Crippen LogP contribution in [0.25, 0.3) is 11.1 Å². The maximum absolute atomic E-state index is 5.93. The van der Waals surface area contributed by atoms with Crippen LogP contribution in [0, 0.1) is 13.8 Å². The zero-order valence-corrected chi connectivity index (χ0v) is 8.99. The minimum Gasteiger partial charge on any atom is -0.398 e. The number of para-hydroxylation sites is 1. The summed E-state index contributed by atoms with van der Waals surface area (Å²) in [7, 11) is 0. The Morgan fingerprint density at radius 2 is 1.60 bits per heavy atom. The highest BCUT2D eigenvalue weighted by Crippen LogP contribution is 2.26. The summed E-state index contributed by atoms with van der Waals surface area (Å²) in [5.41, 5.74) is 11.0. The van der Waals surface area contributed by atoms with Gasteiger partial charge in [-0.1, -0.05) is 18.2 Å². The first kappa shape index (κ1) is 9.71. The van der Waals surface area contributed by atoms with E-state index in [1.54, 1.807) is 0 Å². The van der Waals surface area contributed by atoms with E-state index in [4.69, 9.17) is 5.73 Å². The Labute approximate surface area is 89.8 Å². The quantitative estimate of drug-likeness (QED) is 0.715. The van der Waals surface area contributed by atoms with Crippen LogP contribution in [-0.2, 0) is 0 Å². The van der Waals surface area contributed by atoms with E-state index in [0.29, 0.717) is 0 Å². The molecule has 76 valence electrons. The second-order valence-electron chi connectivity index (χ2n) is 3.73. The number of pyridine rings is 1. The summed E-state index contributed by atoms with van der Waals surface area (Å²) in [4.78, 5) is 4.35. The molecular weight excluding hydrogens is 184 g/mol. The molecule has 0 fully saturated rings. The third kappa shape index (κ3) is 1.99. The van der Waals surface area contributed by atoms with Crippen molar-refractivity contribution >= 4 is 5.69 Å². The average Bonchev–Trinajstić information content (AvgIpc) is 2.16. The first-order chi connectivity index (χ1) is 7.16. The van der Waals surface area contributed by atoms with Gasteiger partial charge in [0.25, 0.3) is 0 Å². The molecule has 0 spiro atoms. The Bertz CT molecular complexity index is 469. The molecule has 15 heavy (non-hydrogen) atoms. The van der Waals surface area contributed by atoms with Crippen molar-refractivity contribution in [1.82, 2.24) is 4.98 Å². The Kier molecular flexibility index (Phi) is 2.42. The normalized spacial score (nSPS) is 10.3. The monoisotopic (exact) mass is 198 g/mol. The van der Waals surface area contributed by atoms with Crippen molar-refractivity contribution in [2.75, 3.05) is 5.73 Å². The lowest BCUT2D eigenvalue weighted by Crippen LogP contribution is -1.92. The Balaban J connectivity index is 2.59. The van der Waals surface area contributed by atoms with Gasteiger partial charge < -0.3 is 5.73 Å². The van der Waals surface area contributed by atoms with E-state index in [9.17, 15) is 0 Å². The van der Waals surface area contributed by atoms with E-state index in [-0.39, 0.29) is 0 Å². The molecule has 2 heteroatoms. The number of rotatable bonds is 1. The predicted molar refractivity (Wildman–Crippen MR) is 63.6 cm³/mol. The molecule has 2 N–H and O–H groups in total. The van der Waals surface area contributed by atoms with E-state index in [0.717, 1.165) is 28.2 Å². The minimum atomic E-state index is 0.808. The summed E-state index contributed by atoms with van der Waals surface area (Å²) in [5, 5.41) is 0. The first-order valence-electron chi connectivity index (χ1n) is 4.97. The fraction of sp³-hybridized carbons (Fsp3) is 0.154. The van der Waals surface area contributed by atoms with Crippen LogP contribution in [0.3, 0.4) is 0 Å². The number of hydrogen-bond donors (Lipinski definition) is 1. The molecular formula is C13H14N2. The van der Waals surface area contributed by atoms with Crippen LogP contribution in [0.1, 0.15) is 11.4 Å². The number of hydrogen-bond acceptors (Lipinski definition) is 2. The van der Waals surface area contributed by atoms with E-state index < -0.39 is 0 Å². The number of aromatic nitrogens is 1. The first-order valence-corrected chi connectivity index (χ1v) is 4.97. The summed E-state index contributed by atoms with van der Waals surface area (Å²) in [6, 6.07) is 12.0. The van der Waals surface area contributed by atoms with Crippen molar-refractivity contribution in [2.24, 2.45) is 0 Å². The van der Waals surface area contributed by atoms with Gasteiger partial charge in [0, 0.05) is 22.6 Å². The van der Waals surface area contributed by atoms with Gasteiger partial charge in [0.05, 0.1) is 0 Å². The third-order valence-electron chi connectivity index (χ3n) is 2.35. The average molecular weight is 198 g/mol. The molecule has 2 aromatic rings. The minimum absolute atomic E-state index is 0.808. The summed E-state index contributed by atoms with van der Waals surface area (Å²) in [6.45, 7) is 3.99. The molecule has 1 heterocycles. The molecule has 0 unspecified atom stereocenters. The largest absolute Gasteiger partial charge is 0.398 e. The standard InChI is InChI=1S/C13H14N2/c1-9-7-11(8-10(2)15-9)12-5-3-4-6-13(12)14/h3-8H,14H2,1-2H3. The van der Waals surface area contributed by atoms with E-state index in [1.165, 1.54) is 0 Å². The van der Waals surface area contributed by atoms with Crippen molar-refractivity contribution in [2.45, 2.75) is 13.8 Å². The second kappa shape index (κ2) is 3.73. The van der Waals surface area contributed by atoms with Crippen molar-refractivity contribution in [3.63, 3.8) is 0 Å². The van der Waals surface area contributed by atoms with Crippen molar-refractivity contribution in [3.05, 3.63) is 47.8 Å². The molecule has 0 aliphatic rings. The van der Waals surface area contributed by atoms with E-state index in [1.807, 2.05) is 38.1 Å². The Hall–Kier alpha value is -1.83. The fourth-order valence-electron chi connectivity index (χ4n) is 1.75. The summed E-state index contributed by atoms with van der Waals surface area (Å²) < 4.78 is 0. The number of benzene rings is 1. The van der Waals surface area contributed by atoms with Gasteiger partial charge in [-0.2, -0.15) is 0 Å². The molecule has 0 amide bonds. The molecule has 0 radical (unpaired) electrons. The van der Waals surface area contributed by atoms with Gasteiger partial charge in [-0.25, -0.2) is 0 Å². The predicted octanol–water partition coefficient (Wildman–Crippen LogP) is 2.95. The number of nitrogen functional groups attached to an aromatic ring is 1. The summed E-state index contributed by atoms with van der Waals surface area (Å²) >= 11 is 0. The lowest BCUT2D eigenvalue weighted by molar-refractivity contribution is 1.12. The number of aryl methyl sites for hydroxylation is 2. The molecule has 2 nitrogen and oxygen atoms in total. The van der Waals surface area contributed by atoms with E-state index >= 15 is 0 Å². The van der Waals surface area contributed by atoms with Crippen molar-refractivity contribution < 1.29 is 0 Å². The van der Waals surface area contributed by atoms with Gasteiger partial charge in [0.15, 0.2) is 0 Å². The summed E-state index contributed by atoms with van der Waals surface area (Å²) in [6.07, 6.45) is 0. The zero-order chi connectivity index (χ0) is 10.8. The Morgan fingerprint density at radius 1 is 1.00 bits per heavy atom. The lowest BCUT2D eigenvalue weighted by atomic mass is 10.0. The molecule has 2 rings (SSSR count). The zero-order valence-electron chi connectivity index (χ0n) is 8.99. The van der Waals surface area contributed by atoms with Crippen molar-refractivity contribution in [3.8, 4) is 11.1 Å². The molecule has 0 atom stereocenters. The number of nitrogens with zero attached hydrogens (tertiary/aromatic N) is 1. The van der Waals surface area contributed by atoms with Gasteiger partial charge in [0.1, 0.15) is 0 Å². The van der Waals surface area contributed by atoms with Gasteiger partial charge in [-0.3, -0.25) is 4.98 Å². The Morgan fingerprint density at radius 3 is 2.20 bits per heavy atom. The lowest BCUT2D eigenvalue weighted by Gasteiger charge is -2.07. The van der Waals surface area contributed by atoms with E-state index in [2.05, 4.69) is 17.1 Å². The maximum atomic E-state index is 5.93. The third-order valence-corrected chi connectivity index (χ3v) is 2.35. The highest BCUT2D eigenvalue weighted by molar-refractivity contribution is 5.76. The summed E-state index contributed by atoms with van der Waals surface area (Å²) in [5.74, 6) is 0. The molecule has 1 aromatic heterocycles. The van der Waals surface area contributed by atoms with Crippen LogP contribution in [0.5, 0.6) is 0 Å². The van der Waals surface area contributed by atoms with Crippen LogP contribution < -0.4 is 5.73 Å². The van der Waals surface area contributed by atoms with Crippen LogP contribution in [0.2, 0.25) is 0 Å². The molecule has 0 saturated heterocycles. The van der Waals surface area contributed by atoms with Crippen molar-refractivity contribution in [1.29, 1.82) is 0 Å². The van der Waals surface area contributed by atoms with Gasteiger partial charge in [-0.15, -0.1) is 0 Å². The molecule has 0 saturated carbocycles. The van der Waals surface area contributed by atoms with Crippen LogP contribution in [0.15, 0.2) is 36.4 Å². The SMILES string of the molecule is Cc1cc(-c2ccccc2N)cc(C)n1. The van der Waals surface area contributed by atoms with Gasteiger partial charge >= 0.3 is 0 Å². The molecule has 0 aliphatic carbocycles. The molecule has 0 aliphatic heterocycles. The fourth-order valence-corrected chi connectivity index (χ4v) is 1.75. The highest BCUT2D eigenvalue weighted by Gasteiger charge is 2.03. The smallest absolute Gasteiger partial charge is 0.0393 e. The highest BCUT2D eigenvalue weighted by atomic mass is 14.7. The van der Waals surface area contributed by atoms with Crippen LogP contribution in [0.4, 0.5) is 5.69 Å².